The van der Waals surface area contributed by atoms with Crippen molar-refractivity contribution in [3.63, 3.8) is 0 Å². The molecular weight excluding hydrogens is 344 g/mol. The number of carbonyl (C=O) groups is 1. The Balaban J connectivity index is 2.02. The minimum Gasteiger partial charge on any atom is -0.495 e. The van der Waals surface area contributed by atoms with Gasteiger partial charge in [-0.3, -0.25) is 9.69 Å². The van der Waals surface area contributed by atoms with Crippen LogP contribution in [0.1, 0.15) is 10.4 Å². The summed E-state index contributed by atoms with van der Waals surface area (Å²) in [5.74, 6) is 0.553. The van der Waals surface area contributed by atoms with E-state index < -0.39 is 0 Å². The second-order valence-electron chi connectivity index (χ2n) is 5.42. The predicted molar refractivity (Wildman–Crippen MR) is 101 cm³/mol. The van der Waals surface area contributed by atoms with Gasteiger partial charge in [-0.2, -0.15) is 0 Å². The number of nitrogens with zero attached hydrogens (tertiary/aromatic N) is 1. The molecule has 0 saturated heterocycles. The topological polar surface area (TPSA) is 41.6 Å². The van der Waals surface area contributed by atoms with E-state index in [1.165, 1.54) is 11.3 Å². The zero-order valence-corrected chi connectivity index (χ0v) is 15.4. The molecule has 0 spiro atoms. The maximum Gasteiger partial charge on any atom is 0.238 e. The third-order valence-corrected chi connectivity index (χ3v) is 4.61. The number of methoxy groups -OCH3 is 1. The number of aryl methyl sites for hydroxylation is 1. The maximum absolute atomic E-state index is 12.4. The predicted octanol–water partition coefficient (Wildman–Crippen LogP) is 4.35. The average molecular weight is 365 g/mol. The number of halogens is 1. The molecule has 1 heterocycles. The third-order valence-electron chi connectivity index (χ3n) is 3.39. The summed E-state index contributed by atoms with van der Waals surface area (Å²) in [6.45, 7) is 7.27. The van der Waals surface area contributed by atoms with Crippen LogP contribution in [0.5, 0.6) is 5.75 Å². The van der Waals surface area contributed by atoms with Crippen LogP contribution in [-0.4, -0.2) is 31.0 Å². The number of amides is 1. The van der Waals surface area contributed by atoms with Crippen LogP contribution in [0.3, 0.4) is 0 Å². The minimum absolute atomic E-state index is 0.0941. The molecule has 0 saturated carbocycles. The van der Waals surface area contributed by atoms with Crippen molar-refractivity contribution in [2.45, 2.75) is 13.5 Å². The van der Waals surface area contributed by atoms with E-state index in [4.69, 9.17) is 16.3 Å². The Morgan fingerprint density at radius 1 is 1.42 bits per heavy atom. The third kappa shape index (κ3) is 5.37. The normalized spacial score (nSPS) is 10.7. The highest BCUT2D eigenvalue weighted by Crippen LogP contribution is 2.25. The number of carbonyl (C=O) groups excluding carboxylic acids is 1. The molecule has 2 aromatic rings. The molecule has 0 fully saturated rings. The van der Waals surface area contributed by atoms with Gasteiger partial charge in [0.25, 0.3) is 0 Å². The first-order valence-corrected chi connectivity index (χ1v) is 8.73. The summed E-state index contributed by atoms with van der Waals surface area (Å²) in [4.78, 5) is 15.5. The summed E-state index contributed by atoms with van der Waals surface area (Å²) >= 11 is 7.49. The van der Waals surface area contributed by atoms with Gasteiger partial charge in [-0.15, -0.1) is 17.9 Å². The van der Waals surface area contributed by atoms with E-state index in [-0.39, 0.29) is 12.5 Å². The van der Waals surface area contributed by atoms with Crippen LogP contribution in [0.15, 0.2) is 43.0 Å². The van der Waals surface area contributed by atoms with Crippen LogP contribution >= 0.6 is 22.9 Å². The monoisotopic (exact) mass is 364 g/mol. The Labute approximate surface area is 151 Å². The Morgan fingerprint density at radius 2 is 2.21 bits per heavy atom. The number of nitrogens with one attached hydrogen (secondary N) is 1. The average Bonchev–Trinajstić information content (AvgIpc) is 2.92. The van der Waals surface area contributed by atoms with Crippen LogP contribution in [0.2, 0.25) is 4.34 Å². The van der Waals surface area contributed by atoms with Crippen molar-refractivity contribution in [2.24, 2.45) is 0 Å². The smallest absolute Gasteiger partial charge is 0.238 e. The van der Waals surface area contributed by atoms with Crippen LogP contribution in [0.4, 0.5) is 5.69 Å². The molecule has 0 atom stereocenters. The lowest BCUT2D eigenvalue weighted by Crippen LogP contribution is -2.32. The first-order chi connectivity index (χ1) is 11.5. The highest BCUT2D eigenvalue weighted by atomic mass is 35.5. The van der Waals surface area contributed by atoms with Crippen LogP contribution in [-0.2, 0) is 11.3 Å². The molecule has 0 aliphatic carbocycles. The summed E-state index contributed by atoms with van der Waals surface area (Å²) in [5, 5.41) is 2.92. The highest BCUT2D eigenvalue weighted by Gasteiger charge is 2.13. The molecule has 2 rings (SSSR count). The number of rotatable bonds is 8. The van der Waals surface area contributed by atoms with E-state index in [1.54, 1.807) is 13.2 Å². The van der Waals surface area contributed by atoms with Gasteiger partial charge in [-0.05, 0) is 36.8 Å². The van der Waals surface area contributed by atoms with E-state index in [2.05, 4.69) is 11.9 Å². The van der Waals surface area contributed by atoms with Crippen molar-refractivity contribution in [3.05, 3.63) is 57.8 Å². The van der Waals surface area contributed by atoms with Crippen molar-refractivity contribution in [3.8, 4) is 5.75 Å². The Kier molecular flexibility index (Phi) is 6.85. The van der Waals surface area contributed by atoms with E-state index in [0.717, 1.165) is 14.8 Å². The van der Waals surface area contributed by atoms with Crippen molar-refractivity contribution in [2.75, 3.05) is 25.5 Å². The van der Waals surface area contributed by atoms with Gasteiger partial charge >= 0.3 is 0 Å². The van der Waals surface area contributed by atoms with Crippen LogP contribution in [0, 0.1) is 6.92 Å². The Bertz CT molecular complexity index is 715. The molecular formula is C18H21ClN2O2S. The molecule has 4 nitrogen and oxygen atoms in total. The molecule has 0 radical (unpaired) electrons. The lowest BCUT2D eigenvalue weighted by Gasteiger charge is -2.20. The molecule has 0 bridgehead atoms. The Morgan fingerprint density at radius 3 is 2.83 bits per heavy atom. The number of benzene rings is 1. The maximum atomic E-state index is 12.4. The largest absolute Gasteiger partial charge is 0.495 e. The van der Waals surface area contributed by atoms with E-state index in [1.807, 2.05) is 42.2 Å². The number of ether oxygens (including phenoxy) is 1. The summed E-state index contributed by atoms with van der Waals surface area (Å²) in [5.41, 5.74) is 1.74. The number of hydrogen-bond donors (Lipinski definition) is 1. The second-order valence-corrected chi connectivity index (χ2v) is 7.22. The number of thiophene rings is 1. The van der Waals surface area contributed by atoms with Gasteiger partial charge in [0, 0.05) is 18.0 Å². The molecule has 0 aliphatic rings. The summed E-state index contributed by atoms with van der Waals surface area (Å²) in [6, 6.07) is 9.53. The van der Waals surface area contributed by atoms with Crippen molar-refractivity contribution in [1.29, 1.82) is 0 Å². The standard InChI is InChI=1S/C18H21ClN2O2S/c1-4-9-21(11-14-6-8-17(19)24-14)12-18(22)20-15-10-13(2)5-7-16(15)23-3/h4-8,10H,1,9,11-12H2,2-3H3,(H,20,22). The molecule has 24 heavy (non-hydrogen) atoms. The quantitative estimate of drug-likeness (QED) is 0.708. The molecule has 0 aliphatic heterocycles. The van der Waals surface area contributed by atoms with Gasteiger partial charge < -0.3 is 10.1 Å². The van der Waals surface area contributed by atoms with E-state index in [9.17, 15) is 4.79 Å². The fourth-order valence-electron chi connectivity index (χ4n) is 2.34. The van der Waals surface area contributed by atoms with Crippen LogP contribution in [0.25, 0.3) is 0 Å². The molecule has 1 N–H and O–H groups in total. The van der Waals surface area contributed by atoms with Gasteiger partial charge in [0.15, 0.2) is 0 Å². The lowest BCUT2D eigenvalue weighted by molar-refractivity contribution is -0.117. The minimum atomic E-state index is -0.0941. The second kappa shape index (κ2) is 8.87. The highest BCUT2D eigenvalue weighted by molar-refractivity contribution is 7.16. The molecule has 1 aromatic carbocycles. The first kappa shape index (κ1) is 18.5. The SMILES string of the molecule is C=CCN(CC(=O)Nc1cc(C)ccc1OC)Cc1ccc(Cl)s1. The van der Waals surface area contributed by atoms with Gasteiger partial charge in [-0.25, -0.2) is 0 Å². The van der Waals surface area contributed by atoms with Gasteiger partial charge in [0.05, 0.1) is 23.7 Å². The molecule has 6 heteroatoms. The van der Waals surface area contributed by atoms with Gasteiger partial charge in [0.2, 0.25) is 5.91 Å². The fourth-order valence-corrected chi connectivity index (χ4v) is 3.47. The summed E-state index contributed by atoms with van der Waals surface area (Å²) in [6.07, 6.45) is 1.79. The van der Waals surface area contributed by atoms with Crippen molar-refractivity contribution >= 4 is 34.5 Å². The van der Waals surface area contributed by atoms with Gasteiger partial charge in [-0.1, -0.05) is 23.7 Å². The summed E-state index contributed by atoms with van der Waals surface area (Å²) in [7, 11) is 1.59. The van der Waals surface area contributed by atoms with Gasteiger partial charge in [0.1, 0.15) is 5.75 Å². The molecule has 1 aromatic heterocycles. The van der Waals surface area contributed by atoms with E-state index in [0.29, 0.717) is 24.5 Å². The zero-order valence-electron chi connectivity index (χ0n) is 13.8. The number of hydrogen-bond acceptors (Lipinski definition) is 4. The number of anilines is 1. The van der Waals surface area contributed by atoms with Crippen molar-refractivity contribution in [1.82, 2.24) is 4.90 Å². The first-order valence-electron chi connectivity index (χ1n) is 7.53. The van der Waals surface area contributed by atoms with Crippen LogP contribution < -0.4 is 10.1 Å². The van der Waals surface area contributed by atoms with E-state index >= 15 is 0 Å². The molecule has 1 amide bonds. The Hall–Kier alpha value is -1.82. The fraction of sp³-hybridized carbons (Fsp3) is 0.278. The molecule has 0 unspecified atom stereocenters. The van der Waals surface area contributed by atoms with Crippen molar-refractivity contribution < 1.29 is 9.53 Å². The summed E-state index contributed by atoms with van der Waals surface area (Å²) < 4.78 is 6.04. The molecule has 128 valence electrons. The zero-order chi connectivity index (χ0) is 17.5. The lowest BCUT2D eigenvalue weighted by atomic mass is 10.2.